The van der Waals surface area contributed by atoms with Gasteiger partial charge in [-0.3, -0.25) is 0 Å². The van der Waals surface area contributed by atoms with Gasteiger partial charge in [0.05, 0.1) is 0 Å². The van der Waals surface area contributed by atoms with Crippen LogP contribution in [0.1, 0.15) is 71.1 Å². The van der Waals surface area contributed by atoms with Crippen LogP contribution in [0, 0.1) is 10.7 Å². The van der Waals surface area contributed by atoms with Crippen molar-refractivity contribution >= 4 is 25.4 Å². The molecule has 0 fully saturated rings. The summed E-state index contributed by atoms with van der Waals surface area (Å²) in [5, 5.41) is 0. The van der Waals surface area contributed by atoms with Gasteiger partial charge in [-0.25, -0.2) is 0 Å². The molecule has 3 nitrogen and oxygen atoms in total. The number of ether oxygens (including phenoxy) is 2. The molecule has 0 heterocycles. The van der Waals surface area contributed by atoms with E-state index in [0.29, 0.717) is 13.2 Å². The third kappa shape index (κ3) is 6.53. The Morgan fingerprint density at radius 3 is 2.48 bits per heavy atom. The minimum atomic E-state index is -0.342. The number of fused-ring (bicyclic) bond motifs is 1. The van der Waals surface area contributed by atoms with Gasteiger partial charge >= 0.3 is 205 Å². The molecule has 0 saturated heterocycles. The van der Waals surface area contributed by atoms with E-state index in [4.69, 9.17) is 9.47 Å². The third-order valence-electron chi connectivity index (χ3n) is 6.13. The van der Waals surface area contributed by atoms with Gasteiger partial charge in [-0.05, 0) is 0 Å². The Bertz CT molecular complexity index is 1090. The molecule has 174 valence electrons. The Morgan fingerprint density at radius 1 is 1.09 bits per heavy atom. The number of carbonyl (C=O) groups excluding carboxylic acids is 1. The van der Waals surface area contributed by atoms with Gasteiger partial charge in [-0.15, -0.1) is 0 Å². The molecule has 33 heavy (non-hydrogen) atoms. The van der Waals surface area contributed by atoms with E-state index in [2.05, 4.69) is 62.7 Å². The Kier molecular flexibility index (Phi) is 8.11. The van der Waals surface area contributed by atoms with Crippen LogP contribution in [-0.2, 0) is 27.0 Å². The molecule has 0 atom stereocenters. The van der Waals surface area contributed by atoms with Crippen LogP contribution >= 0.6 is 0 Å². The number of carbonyl (C=O) groups is 1. The summed E-state index contributed by atoms with van der Waals surface area (Å²) in [7, 11) is 0. The van der Waals surface area contributed by atoms with E-state index in [-0.39, 0.29) is 31.8 Å². The summed E-state index contributed by atoms with van der Waals surface area (Å²) in [5.74, 6) is 3.75. The summed E-state index contributed by atoms with van der Waals surface area (Å²) in [6, 6.07) is 14.8. The zero-order valence-corrected chi connectivity index (χ0v) is 22.3. The van der Waals surface area contributed by atoms with E-state index in [1.54, 1.807) is 6.92 Å². The maximum absolute atomic E-state index is 11.6. The second-order valence-electron chi connectivity index (χ2n) is 9.79. The average molecular weight is 510 g/mol. The zero-order valence-electron chi connectivity index (χ0n) is 20.6. The second-order valence-corrected chi connectivity index (χ2v) is 11.6. The monoisotopic (exact) mass is 510 g/mol. The van der Waals surface area contributed by atoms with Gasteiger partial charge in [0.2, 0.25) is 0 Å². The molecular formula is C29H34O3Se. The fourth-order valence-corrected chi connectivity index (χ4v) is 5.59. The number of hydrogen-bond donors (Lipinski definition) is 0. The van der Waals surface area contributed by atoms with E-state index < -0.39 is 0 Å². The Hall–Kier alpha value is -2.47. The first kappa shape index (κ1) is 25.2. The molecule has 1 aliphatic rings. The van der Waals surface area contributed by atoms with Crippen LogP contribution in [0.4, 0.5) is 0 Å². The van der Waals surface area contributed by atoms with Crippen molar-refractivity contribution in [1.29, 1.82) is 0 Å². The van der Waals surface area contributed by atoms with Gasteiger partial charge in [0.1, 0.15) is 0 Å². The van der Waals surface area contributed by atoms with E-state index in [1.807, 2.05) is 25.1 Å². The first-order valence-corrected chi connectivity index (χ1v) is 13.2. The van der Waals surface area contributed by atoms with Crippen molar-refractivity contribution in [2.24, 2.45) is 0 Å². The SMILES string of the molecule is CCOC(=O)/C=C(\C)C#C[Se]c1cc(OCc2ccccc2)c2c(c1)C(C)(C)CCC2(C)C. The Morgan fingerprint density at radius 2 is 1.79 bits per heavy atom. The summed E-state index contributed by atoms with van der Waals surface area (Å²) < 4.78 is 12.6. The summed E-state index contributed by atoms with van der Waals surface area (Å²) in [5.41, 5.74) is 4.74. The van der Waals surface area contributed by atoms with Crippen LogP contribution in [0.5, 0.6) is 5.75 Å². The molecular weight excluding hydrogens is 475 g/mol. The summed E-state index contributed by atoms with van der Waals surface area (Å²) >= 11 is -0.0542. The summed E-state index contributed by atoms with van der Waals surface area (Å²) in [4.78, 5) is 14.9. The molecule has 0 saturated carbocycles. The molecule has 2 aromatic carbocycles. The number of esters is 1. The standard InChI is InChI=1S/C29H34O3Se/c1-7-31-26(30)17-21(2)13-16-33-23-18-24-27(29(5,6)15-14-28(24,3)4)25(19-23)32-20-22-11-9-8-10-12-22/h8-12,17-19H,7,14-15,20H2,1-6H3/b21-17+. The van der Waals surface area contributed by atoms with E-state index in [0.717, 1.165) is 29.7 Å². The molecule has 0 bridgehead atoms. The van der Waals surface area contributed by atoms with Crippen LogP contribution in [0.3, 0.4) is 0 Å². The number of benzene rings is 2. The van der Waals surface area contributed by atoms with Gasteiger partial charge in [0, 0.05) is 0 Å². The molecule has 0 spiro atoms. The van der Waals surface area contributed by atoms with Gasteiger partial charge in [0.25, 0.3) is 0 Å². The zero-order chi connectivity index (χ0) is 24.1. The summed E-state index contributed by atoms with van der Waals surface area (Å²) in [6.07, 6.45) is 3.74. The van der Waals surface area contributed by atoms with Gasteiger partial charge in [-0.2, -0.15) is 0 Å². The van der Waals surface area contributed by atoms with Crippen molar-refractivity contribution < 1.29 is 14.3 Å². The molecule has 0 unspecified atom stereocenters. The molecule has 0 amide bonds. The number of hydrogen-bond acceptors (Lipinski definition) is 3. The van der Waals surface area contributed by atoms with Crippen molar-refractivity contribution in [3.63, 3.8) is 0 Å². The topological polar surface area (TPSA) is 35.5 Å². The second kappa shape index (κ2) is 10.6. The Balaban J connectivity index is 1.94. The van der Waals surface area contributed by atoms with Crippen molar-refractivity contribution in [2.45, 2.75) is 71.8 Å². The molecule has 4 heteroatoms. The van der Waals surface area contributed by atoms with E-state index in [9.17, 15) is 4.79 Å². The van der Waals surface area contributed by atoms with Crippen LogP contribution in [0.2, 0.25) is 0 Å². The predicted octanol–water partition coefficient (Wildman–Crippen LogP) is 5.41. The van der Waals surface area contributed by atoms with Gasteiger partial charge in [0.15, 0.2) is 0 Å². The summed E-state index contributed by atoms with van der Waals surface area (Å²) in [6.45, 7) is 13.9. The Labute approximate surface area is 205 Å². The first-order chi connectivity index (χ1) is 15.6. The molecule has 2 aromatic rings. The van der Waals surface area contributed by atoms with Gasteiger partial charge < -0.3 is 0 Å². The normalized spacial score (nSPS) is 16.2. The van der Waals surface area contributed by atoms with Crippen LogP contribution in [0.25, 0.3) is 0 Å². The third-order valence-corrected chi connectivity index (χ3v) is 7.55. The molecule has 3 rings (SSSR count). The maximum atomic E-state index is 11.6. The average Bonchev–Trinajstić information content (AvgIpc) is 2.76. The molecule has 1 aliphatic carbocycles. The van der Waals surface area contributed by atoms with Gasteiger partial charge in [-0.1, -0.05) is 0 Å². The molecule has 0 aromatic heterocycles. The van der Waals surface area contributed by atoms with Crippen LogP contribution in [0.15, 0.2) is 54.1 Å². The quantitative estimate of drug-likeness (QED) is 0.226. The van der Waals surface area contributed by atoms with Crippen LogP contribution < -0.4 is 9.20 Å². The van der Waals surface area contributed by atoms with Crippen LogP contribution in [-0.4, -0.2) is 27.5 Å². The van der Waals surface area contributed by atoms with Crippen molar-refractivity contribution in [1.82, 2.24) is 0 Å². The molecule has 0 N–H and O–H groups in total. The van der Waals surface area contributed by atoms with Crippen molar-refractivity contribution in [2.75, 3.05) is 6.61 Å². The molecule has 0 aliphatic heterocycles. The fraction of sp³-hybridized carbons (Fsp3) is 0.414. The first-order valence-electron chi connectivity index (χ1n) is 11.5. The number of rotatable bonds is 6. The minimum absolute atomic E-state index is 0.0542. The van der Waals surface area contributed by atoms with Crippen molar-refractivity contribution in [3.8, 4) is 16.5 Å². The van der Waals surface area contributed by atoms with E-state index >= 15 is 0 Å². The fourth-order valence-electron chi connectivity index (χ4n) is 4.18. The number of allylic oxidation sites excluding steroid dienone is 1. The van der Waals surface area contributed by atoms with E-state index in [1.165, 1.54) is 21.7 Å². The molecule has 0 radical (unpaired) electrons. The predicted molar refractivity (Wildman–Crippen MR) is 136 cm³/mol. The van der Waals surface area contributed by atoms with Crippen molar-refractivity contribution in [3.05, 3.63) is 70.8 Å².